The number of pyridine rings is 2. The fourth-order valence-corrected chi connectivity index (χ4v) is 6.68. The van der Waals surface area contributed by atoms with Crippen molar-refractivity contribution in [2.24, 2.45) is 0 Å². The lowest BCUT2D eigenvalue weighted by atomic mass is 9.98. The number of amides is 2. The molecule has 0 radical (unpaired) electrons. The molecule has 2 heterocycles. The largest absolute Gasteiger partial charge is 0.480 e. The van der Waals surface area contributed by atoms with Gasteiger partial charge in [0, 0.05) is 36.6 Å². The van der Waals surface area contributed by atoms with Gasteiger partial charge in [-0.3, -0.25) is 19.6 Å². The van der Waals surface area contributed by atoms with Gasteiger partial charge in [-0.2, -0.15) is 0 Å². The number of nitrogens with one attached hydrogen (secondary N) is 2. The Kier molecular flexibility index (Phi) is 12.8. The second-order valence-electron chi connectivity index (χ2n) is 12.6. The summed E-state index contributed by atoms with van der Waals surface area (Å²) in [4.78, 5) is 51.8. The van der Waals surface area contributed by atoms with E-state index in [4.69, 9.17) is 19.7 Å². The van der Waals surface area contributed by atoms with E-state index >= 15 is 0 Å². The van der Waals surface area contributed by atoms with Gasteiger partial charge in [-0.25, -0.2) is 9.59 Å². The quantitative estimate of drug-likeness (QED) is 0.117. The lowest BCUT2D eigenvalue weighted by Gasteiger charge is -2.14. The van der Waals surface area contributed by atoms with Crippen molar-refractivity contribution in [3.63, 3.8) is 0 Å². The van der Waals surface area contributed by atoms with Crippen LogP contribution in [0.4, 0.5) is 9.59 Å². The summed E-state index contributed by atoms with van der Waals surface area (Å²) in [5, 5.41) is 21.5. The number of carboxylic acid groups (broad SMARTS) is 2. The number of benzene rings is 4. The van der Waals surface area contributed by atoms with Crippen LogP contribution in [0.15, 0.2) is 146 Å². The highest BCUT2D eigenvalue weighted by Crippen LogP contribution is 2.45. The van der Waals surface area contributed by atoms with Gasteiger partial charge in [-0.1, -0.05) is 97.1 Å². The fourth-order valence-electron chi connectivity index (χ4n) is 6.68. The van der Waals surface area contributed by atoms with Crippen LogP contribution in [0.5, 0.6) is 0 Å². The number of hydrogen-bond donors (Lipinski definition) is 4. The highest BCUT2D eigenvalue weighted by molar-refractivity contribution is 5.81. The van der Waals surface area contributed by atoms with Crippen molar-refractivity contribution in [2.75, 3.05) is 26.3 Å². The Hall–Kier alpha value is -7.34. The van der Waals surface area contributed by atoms with Crippen molar-refractivity contribution < 1.29 is 38.9 Å². The molecule has 0 saturated heterocycles. The van der Waals surface area contributed by atoms with Gasteiger partial charge in [0.1, 0.15) is 26.3 Å². The van der Waals surface area contributed by atoms with Crippen molar-refractivity contribution in [1.29, 1.82) is 0 Å². The number of fused-ring (bicyclic) bond motifs is 6. The van der Waals surface area contributed by atoms with Crippen molar-refractivity contribution in [2.45, 2.75) is 11.8 Å². The molecule has 6 aromatic rings. The van der Waals surface area contributed by atoms with Crippen LogP contribution in [0.3, 0.4) is 0 Å². The van der Waals surface area contributed by atoms with E-state index in [1.807, 2.05) is 97.1 Å². The first-order valence-corrected chi connectivity index (χ1v) is 17.7. The van der Waals surface area contributed by atoms with Gasteiger partial charge in [-0.15, -0.1) is 0 Å². The molecule has 2 aromatic heterocycles. The SMILES string of the molecule is O=C(O)CNC(=O)OCC1c2ccccc2-c2ccccc21.O=C(O)CNC(=O)OCC1c2ccccc2-c2ccccc21.c1cc(-c2ccncc2)ccn1. The van der Waals surface area contributed by atoms with Crippen LogP contribution in [-0.2, 0) is 19.1 Å². The molecule has 0 spiro atoms. The molecule has 2 aliphatic carbocycles. The molecule has 8 rings (SSSR count). The lowest BCUT2D eigenvalue weighted by Crippen LogP contribution is -2.30. The molecule has 0 bridgehead atoms. The molecule has 4 aromatic carbocycles. The Balaban J connectivity index is 0.000000149. The predicted molar refractivity (Wildman–Crippen MR) is 209 cm³/mol. The highest BCUT2D eigenvalue weighted by atomic mass is 16.6. The molecule has 2 amide bonds. The molecular formula is C44H38N4O8. The number of hydrogen-bond acceptors (Lipinski definition) is 8. The van der Waals surface area contributed by atoms with Gasteiger partial charge in [-0.05, 0) is 79.9 Å². The van der Waals surface area contributed by atoms with Crippen molar-refractivity contribution in [1.82, 2.24) is 20.6 Å². The number of carbonyl (C=O) groups excluding carboxylic acids is 2. The zero-order chi connectivity index (χ0) is 39.3. The van der Waals surface area contributed by atoms with E-state index in [2.05, 4.69) is 44.9 Å². The Bertz CT molecular complexity index is 2050. The molecule has 0 fully saturated rings. The number of ether oxygens (including phenoxy) is 2. The summed E-state index contributed by atoms with van der Waals surface area (Å²) < 4.78 is 10.4. The molecule has 56 heavy (non-hydrogen) atoms. The highest BCUT2D eigenvalue weighted by Gasteiger charge is 2.30. The minimum Gasteiger partial charge on any atom is -0.480 e. The Morgan fingerprint density at radius 3 is 1.04 bits per heavy atom. The molecule has 0 unspecified atom stereocenters. The third-order valence-corrected chi connectivity index (χ3v) is 9.15. The number of carboxylic acids is 2. The lowest BCUT2D eigenvalue weighted by molar-refractivity contribution is -0.136. The van der Waals surface area contributed by atoms with Crippen molar-refractivity contribution >= 4 is 24.1 Å². The van der Waals surface area contributed by atoms with Gasteiger partial charge in [0.05, 0.1) is 0 Å². The smallest absolute Gasteiger partial charge is 0.407 e. The molecule has 0 atom stereocenters. The summed E-state index contributed by atoms with van der Waals surface area (Å²) in [6, 6.07) is 40.0. The third kappa shape index (κ3) is 9.60. The Morgan fingerprint density at radius 2 is 0.750 bits per heavy atom. The second-order valence-corrected chi connectivity index (χ2v) is 12.6. The molecular weight excluding hydrogens is 713 g/mol. The summed E-state index contributed by atoms with van der Waals surface area (Å²) in [6.45, 7) is -0.535. The fraction of sp³-hybridized carbons (Fsp3) is 0.136. The standard InChI is InChI=1S/2C17H15NO4.C10H8N2/c2*19-16(20)9-18-17(21)22-10-15-13-7-3-1-5-11(13)12-6-2-4-8-14(12)15;1-5-11-6-2-9(1)10-3-7-12-8-4-10/h2*1-8,15H,9-10H2,(H,18,21)(H,19,20);1-8H. The second kappa shape index (κ2) is 18.6. The number of nitrogens with zero attached hydrogens (tertiary/aromatic N) is 2. The molecule has 0 aliphatic heterocycles. The van der Waals surface area contributed by atoms with E-state index in [1.54, 1.807) is 24.8 Å². The van der Waals surface area contributed by atoms with E-state index in [0.29, 0.717) is 0 Å². The van der Waals surface area contributed by atoms with Gasteiger partial charge in [0.2, 0.25) is 0 Å². The maximum atomic E-state index is 11.5. The van der Waals surface area contributed by atoms with Crippen LogP contribution in [0, 0.1) is 0 Å². The summed E-state index contributed by atoms with van der Waals surface area (Å²) in [5.74, 6) is -2.26. The number of carbonyl (C=O) groups is 4. The minimum atomic E-state index is -1.10. The van der Waals surface area contributed by atoms with E-state index in [1.165, 1.54) is 11.1 Å². The first-order chi connectivity index (χ1) is 27.3. The summed E-state index contributed by atoms with van der Waals surface area (Å²) in [7, 11) is 0. The number of alkyl carbamates (subject to hydrolysis) is 2. The van der Waals surface area contributed by atoms with Crippen LogP contribution < -0.4 is 10.6 Å². The summed E-state index contributed by atoms with van der Waals surface area (Å²) >= 11 is 0. The zero-order valence-electron chi connectivity index (χ0n) is 30.1. The molecule has 282 valence electrons. The van der Waals surface area contributed by atoms with Crippen LogP contribution in [0.25, 0.3) is 33.4 Å². The minimum absolute atomic E-state index is 0.0250. The summed E-state index contributed by atoms with van der Waals surface area (Å²) in [5.41, 5.74) is 11.4. The summed E-state index contributed by atoms with van der Waals surface area (Å²) in [6.07, 6.45) is 5.71. The molecule has 0 saturated carbocycles. The molecule has 12 nitrogen and oxygen atoms in total. The van der Waals surface area contributed by atoms with E-state index in [9.17, 15) is 19.2 Å². The van der Waals surface area contributed by atoms with Crippen LogP contribution in [0.2, 0.25) is 0 Å². The first kappa shape index (κ1) is 38.4. The Morgan fingerprint density at radius 1 is 0.464 bits per heavy atom. The third-order valence-electron chi connectivity index (χ3n) is 9.15. The monoisotopic (exact) mass is 750 g/mol. The number of aliphatic carboxylic acids is 2. The van der Waals surface area contributed by atoms with Crippen LogP contribution in [-0.4, -0.2) is 70.6 Å². The van der Waals surface area contributed by atoms with E-state index in [0.717, 1.165) is 44.5 Å². The maximum absolute atomic E-state index is 11.5. The predicted octanol–water partition coefficient (Wildman–Crippen LogP) is 7.36. The van der Waals surface area contributed by atoms with Crippen LogP contribution in [0.1, 0.15) is 34.1 Å². The number of rotatable bonds is 9. The Labute approximate surface area is 322 Å². The number of aromatic nitrogens is 2. The normalized spacial score (nSPS) is 11.8. The van der Waals surface area contributed by atoms with Gasteiger partial charge in [0.25, 0.3) is 0 Å². The molecule has 4 N–H and O–H groups in total. The average Bonchev–Trinajstić information content (AvgIpc) is 3.74. The maximum Gasteiger partial charge on any atom is 0.407 e. The molecule has 12 heteroatoms. The first-order valence-electron chi connectivity index (χ1n) is 17.7. The zero-order valence-corrected chi connectivity index (χ0v) is 30.1. The average molecular weight is 751 g/mol. The topological polar surface area (TPSA) is 177 Å². The van der Waals surface area contributed by atoms with E-state index in [-0.39, 0.29) is 25.0 Å². The van der Waals surface area contributed by atoms with Crippen molar-refractivity contribution in [3.8, 4) is 33.4 Å². The van der Waals surface area contributed by atoms with E-state index < -0.39 is 37.2 Å². The molecule has 2 aliphatic rings. The van der Waals surface area contributed by atoms with Gasteiger partial charge >= 0.3 is 24.1 Å². The van der Waals surface area contributed by atoms with Crippen LogP contribution >= 0.6 is 0 Å². The van der Waals surface area contributed by atoms with Crippen molar-refractivity contribution in [3.05, 3.63) is 168 Å². The van der Waals surface area contributed by atoms with Gasteiger partial charge in [0.15, 0.2) is 0 Å². The van der Waals surface area contributed by atoms with Gasteiger partial charge < -0.3 is 30.3 Å².